The van der Waals surface area contributed by atoms with Crippen LogP contribution in [0.5, 0.6) is 0 Å². The van der Waals surface area contributed by atoms with Crippen LogP contribution in [0.2, 0.25) is 0 Å². The summed E-state index contributed by atoms with van der Waals surface area (Å²) in [7, 11) is 0. The fourth-order valence-electron chi connectivity index (χ4n) is 2.84. The second-order valence-electron chi connectivity index (χ2n) is 7.29. The Kier molecular flexibility index (Phi) is 4.89. The number of carbonyl (C=O) groups excluding carboxylic acids is 1. The molecule has 25 heavy (non-hydrogen) atoms. The quantitative estimate of drug-likeness (QED) is 0.872. The third-order valence-corrected chi connectivity index (χ3v) is 5.39. The molecule has 3 rings (SSSR count). The second-order valence-corrected chi connectivity index (χ2v) is 8.15. The van der Waals surface area contributed by atoms with E-state index in [1.54, 1.807) is 11.6 Å². The van der Waals surface area contributed by atoms with Gasteiger partial charge in [-0.1, -0.05) is 20.8 Å². The molecule has 3 heterocycles. The number of nitrogens with zero attached hydrogens (tertiary/aromatic N) is 3. The van der Waals surface area contributed by atoms with Crippen LogP contribution in [0.4, 0.5) is 5.82 Å². The molecule has 1 saturated heterocycles. The lowest BCUT2D eigenvalue weighted by atomic mass is 9.98. The van der Waals surface area contributed by atoms with Gasteiger partial charge in [0.05, 0.1) is 5.01 Å². The third-order valence-electron chi connectivity index (χ3n) is 4.12. The van der Waals surface area contributed by atoms with Crippen LogP contribution in [0.15, 0.2) is 22.6 Å². The van der Waals surface area contributed by atoms with E-state index in [0.29, 0.717) is 18.1 Å². The summed E-state index contributed by atoms with van der Waals surface area (Å²) in [5.41, 5.74) is 0.191. The average molecular weight is 361 g/mol. The van der Waals surface area contributed by atoms with Gasteiger partial charge in [0.25, 0.3) is 11.5 Å². The van der Waals surface area contributed by atoms with Crippen LogP contribution in [0.25, 0.3) is 0 Å². The number of aromatic amines is 1. The molecule has 7 nitrogen and oxygen atoms in total. The maximum atomic E-state index is 12.5. The van der Waals surface area contributed by atoms with Gasteiger partial charge in [0, 0.05) is 42.3 Å². The molecular formula is C17H23N5O2S. The number of rotatable bonds is 3. The van der Waals surface area contributed by atoms with Crippen molar-refractivity contribution in [2.45, 2.75) is 45.1 Å². The van der Waals surface area contributed by atoms with E-state index in [4.69, 9.17) is 0 Å². The number of anilines is 1. The van der Waals surface area contributed by atoms with Crippen molar-refractivity contribution in [3.63, 3.8) is 0 Å². The summed E-state index contributed by atoms with van der Waals surface area (Å²) >= 11 is 1.51. The van der Waals surface area contributed by atoms with Crippen LogP contribution >= 0.6 is 11.3 Å². The first-order valence-electron chi connectivity index (χ1n) is 8.40. The minimum Gasteiger partial charge on any atom is -0.350 e. The predicted molar refractivity (Wildman–Crippen MR) is 98.4 cm³/mol. The molecule has 1 unspecified atom stereocenters. The van der Waals surface area contributed by atoms with Gasteiger partial charge in [-0.15, -0.1) is 11.3 Å². The number of amides is 1. The molecule has 1 fully saturated rings. The van der Waals surface area contributed by atoms with Crippen molar-refractivity contribution in [2.75, 3.05) is 18.0 Å². The molecule has 0 saturated carbocycles. The SMILES string of the molecule is CC(C)(C)c1nc(C(=O)NC2CCCN(c3ncc[nH]c3=O)C2)cs1. The van der Waals surface area contributed by atoms with E-state index < -0.39 is 0 Å². The van der Waals surface area contributed by atoms with Crippen LogP contribution in [0, 0.1) is 0 Å². The lowest BCUT2D eigenvalue weighted by Crippen LogP contribution is -2.49. The number of hydrogen-bond acceptors (Lipinski definition) is 6. The van der Waals surface area contributed by atoms with Gasteiger partial charge in [0.2, 0.25) is 0 Å². The maximum Gasteiger partial charge on any atom is 0.290 e. The summed E-state index contributed by atoms with van der Waals surface area (Å²) in [6.45, 7) is 7.57. The number of aromatic nitrogens is 3. The van der Waals surface area contributed by atoms with E-state index in [0.717, 1.165) is 24.4 Å². The van der Waals surface area contributed by atoms with E-state index in [-0.39, 0.29) is 22.9 Å². The van der Waals surface area contributed by atoms with Crippen molar-refractivity contribution < 1.29 is 4.79 Å². The molecular weight excluding hydrogens is 338 g/mol. The van der Waals surface area contributed by atoms with Crippen molar-refractivity contribution in [1.29, 1.82) is 0 Å². The summed E-state index contributed by atoms with van der Waals surface area (Å²) < 4.78 is 0. The second kappa shape index (κ2) is 6.95. The van der Waals surface area contributed by atoms with Gasteiger partial charge >= 0.3 is 0 Å². The molecule has 2 aromatic heterocycles. The fourth-order valence-corrected chi connectivity index (χ4v) is 3.73. The number of nitrogens with one attached hydrogen (secondary N) is 2. The first-order valence-corrected chi connectivity index (χ1v) is 9.28. The van der Waals surface area contributed by atoms with Crippen LogP contribution in [-0.2, 0) is 5.41 Å². The van der Waals surface area contributed by atoms with Gasteiger partial charge in [-0.05, 0) is 12.8 Å². The molecule has 0 aliphatic carbocycles. The molecule has 8 heteroatoms. The number of carbonyl (C=O) groups is 1. The minimum absolute atomic E-state index is 0.0255. The van der Waals surface area contributed by atoms with Gasteiger partial charge in [-0.25, -0.2) is 9.97 Å². The average Bonchev–Trinajstić information content (AvgIpc) is 3.06. The van der Waals surface area contributed by atoms with Crippen molar-refractivity contribution in [3.8, 4) is 0 Å². The Morgan fingerprint density at radius 3 is 2.92 bits per heavy atom. The molecule has 2 aromatic rings. The van der Waals surface area contributed by atoms with Gasteiger partial charge in [-0.3, -0.25) is 9.59 Å². The standard InChI is InChI=1S/C17H23N5O2S/c1-17(2,3)16-21-12(10-25-16)14(23)20-11-5-4-8-22(9-11)13-15(24)19-7-6-18-13/h6-7,10-11H,4-5,8-9H2,1-3H3,(H,19,24)(H,20,23). The van der Waals surface area contributed by atoms with Crippen LogP contribution in [0.1, 0.15) is 49.1 Å². The number of piperidine rings is 1. The molecule has 1 amide bonds. The van der Waals surface area contributed by atoms with Crippen LogP contribution < -0.4 is 15.8 Å². The van der Waals surface area contributed by atoms with Crippen LogP contribution in [0.3, 0.4) is 0 Å². The predicted octanol–water partition coefficient (Wildman–Crippen LogP) is 1.92. The normalized spacial score (nSPS) is 18.2. The summed E-state index contributed by atoms with van der Waals surface area (Å²) in [6.07, 6.45) is 4.86. The highest BCUT2D eigenvalue weighted by Gasteiger charge is 2.26. The first kappa shape index (κ1) is 17.6. The molecule has 1 aliphatic heterocycles. The first-order chi connectivity index (χ1) is 11.8. The van der Waals surface area contributed by atoms with Crippen molar-refractivity contribution in [3.05, 3.63) is 38.8 Å². The Bertz CT molecular complexity index is 808. The topological polar surface area (TPSA) is 91.0 Å². The lowest BCUT2D eigenvalue weighted by Gasteiger charge is -2.33. The summed E-state index contributed by atoms with van der Waals surface area (Å²) in [5, 5.41) is 5.80. The van der Waals surface area contributed by atoms with Gasteiger partial charge < -0.3 is 15.2 Å². The van der Waals surface area contributed by atoms with Crippen LogP contribution in [-0.4, -0.2) is 40.0 Å². The lowest BCUT2D eigenvalue weighted by molar-refractivity contribution is 0.0928. The largest absolute Gasteiger partial charge is 0.350 e. The minimum atomic E-state index is -0.205. The Morgan fingerprint density at radius 1 is 1.44 bits per heavy atom. The third kappa shape index (κ3) is 4.07. The highest BCUT2D eigenvalue weighted by Crippen LogP contribution is 2.25. The van der Waals surface area contributed by atoms with Crippen molar-refractivity contribution in [1.82, 2.24) is 20.3 Å². The van der Waals surface area contributed by atoms with Gasteiger partial charge in [-0.2, -0.15) is 0 Å². The Balaban J connectivity index is 1.66. The monoisotopic (exact) mass is 361 g/mol. The summed E-state index contributed by atoms with van der Waals surface area (Å²) in [6, 6.07) is -0.0255. The smallest absolute Gasteiger partial charge is 0.290 e. The van der Waals surface area contributed by atoms with Gasteiger partial charge in [0.15, 0.2) is 5.82 Å². The number of hydrogen-bond donors (Lipinski definition) is 2. The summed E-state index contributed by atoms with van der Waals surface area (Å²) in [4.78, 5) is 37.6. The maximum absolute atomic E-state index is 12.5. The number of H-pyrrole nitrogens is 1. The van der Waals surface area contributed by atoms with E-state index >= 15 is 0 Å². The molecule has 0 aromatic carbocycles. The molecule has 0 spiro atoms. The zero-order valence-corrected chi connectivity index (χ0v) is 15.5. The van der Waals surface area contributed by atoms with E-state index in [2.05, 4.69) is 41.0 Å². The summed E-state index contributed by atoms with van der Waals surface area (Å²) in [5.74, 6) is 0.249. The van der Waals surface area contributed by atoms with Crippen molar-refractivity contribution >= 4 is 23.1 Å². The highest BCUT2D eigenvalue weighted by molar-refractivity contribution is 7.10. The van der Waals surface area contributed by atoms with E-state index in [1.165, 1.54) is 17.5 Å². The van der Waals surface area contributed by atoms with Crippen molar-refractivity contribution in [2.24, 2.45) is 0 Å². The molecule has 1 atom stereocenters. The Labute approximate surface area is 150 Å². The fraction of sp³-hybridized carbons (Fsp3) is 0.529. The van der Waals surface area contributed by atoms with E-state index in [9.17, 15) is 9.59 Å². The van der Waals surface area contributed by atoms with E-state index in [1.807, 2.05) is 4.90 Å². The zero-order valence-electron chi connectivity index (χ0n) is 14.7. The van der Waals surface area contributed by atoms with Gasteiger partial charge in [0.1, 0.15) is 5.69 Å². The highest BCUT2D eigenvalue weighted by atomic mass is 32.1. The Hall–Kier alpha value is -2.22. The molecule has 134 valence electrons. The molecule has 0 radical (unpaired) electrons. The zero-order chi connectivity index (χ0) is 18.0. The molecule has 2 N–H and O–H groups in total. The molecule has 1 aliphatic rings. The Morgan fingerprint density at radius 2 is 2.24 bits per heavy atom. The number of thiazole rings is 1. The molecule has 0 bridgehead atoms.